The van der Waals surface area contributed by atoms with Crippen molar-refractivity contribution in [3.63, 3.8) is 0 Å². The van der Waals surface area contributed by atoms with Crippen molar-refractivity contribution in [2.24, 2.45) is 0 Å². The lowest BCUT2D eigenvalue weighted by Crippen LogP contribution is -2.24. The number of aromatic nitrogens is 1. The summed E-state index contributed by atoms with van der Waals surface area (Å²) >= 11 is 3.30. The Kier molecular flexibility index (Phi) is 7.93. The van der Waals surface area contributed by atoms with E-state index in [9.17, 15) is 10.1 Å². The van der Waals surface area contributed by atoms with Crippen LogP contribution in [-0.2, 0) is 22.5 Å². The zero-order valence-corrected chi connectivity index (χ0v) is 22.6. The summed E-state index contributed by atoms with van der Waals surface area (Å²) in [6.45, 7) is 5.63. The minimum Gasteiger partial charge on any atom is -0.383 e. The molecule has 1 aliphatic rings. The molecule has 190 valence electrons. The zero-order valence-electron chi connectivity index (χ0n) is 20.9. The number of methoxy groups -OCH3 is 1. The van der Waals surface area contributed by atoms with E-state index >= 15 is 0 Å². The van der Waals surface area contributed by atoms with E-state index in [1.54, 1.807) is 29.8 Å². The van der Waals surface area contributed by atoms with E-state index in [4.69, 9.17) is 9.72 Å². The number of amides is 1. The predicted octanol–water partition coefficient (Wildman–Crippen LogP) is 5.08. The van der Waals surface area contributed by atoms with Gasteiger partial charge in [-0.3, -0.25) is 4.79 Å². The van der Waals surface area contributed by atoms with Gasteiger partial charge in [-0.25, -0.2) is 4.98 Å². The first-order valence-corrected chi connectivity index (χ1v) is 14.0. The molecule has 1 amide bonds. The van der Waals surface area contributed by atoms with Crippen molar-refractivity contribution in [3.8, 4) is 27.8 Å². The summed E-state index contributed by atoms with van der Waals surface area (Å²) < 4.78 is 6.14. The number of hydrogen-bond donors (Lipinski definition) is 3. The highest BCUT2D eigenvalue weighted by atomic mass is 32.1. The fraction of sp³-hybridized carbons (Fsp3) is 0.321. The third-order valence-corrected chi connectivity index (χ3v) is 8.69. The first-order chi connectivity index (χ1) is 18.1. The number of fused-ring (bicyclic) bond motifs is 2. The van der Waals surface area contributed by atoms with E-state index in [1.165, 1.54) is 10.4 Å². The Balaban J connectivity index is 1.44. The number of thiophene rings is 1. The van der Waals surface area contributed by atoms with Crippen molar-refractivity contribution in [3.05, 3.63) is 58.0 Å². The molecular weight excluding hydrogens is 502 g/mol. The SMILES string of the molecule is COCCNCCC(=O)Nc1sc2c(c1-c1nc3cc(-c4ccc(C)c(C#N)c4)ccc3s1)CCNC2. The average molecular weight is 532 g/mol. The molecule has 0 aliphatic carbocycles. The molecule has 5 rings (SSSR count). The van der Waals surface area contributed by atoms with Crippen LogP contribution in [0.4, 0.5) is 5.00 Å². The monoisotopic (exact) mass is 531 g/mol. The number of ether oxygens (including phenoxy) is 1. The Morgan fingerprint density at radius 3 is 2.86 bits per heavy atom. The number of nitriles is 1. The minimum atomic E-state index is -0.00575. The van der Waals surface area contributed by atoms with Crippen LogP contribution in [-0.4, -0.2) is 44.2 Å². The van der Waals surface area contributed by atoms with Gasteiger partial charge in [-0.2, -0.15) is 5.26 Å². The number of hydrogen-bond acceptors (Lipinski definition) is 8. The van der Waals surface area contributed by atoms with Crippen LogP contribution in [0.3, 0.4) is 0 Å². The molecule has 37 heavy (non-hydrogen) atoms. The molecule has 7 nitrogen and oxygen atoms in total. The molecular formula is C28H29N5O2S2. The van der Waals surface area contributed by atoms with Crippen LogP contribution in [0.15, 0.2) is 36.4 Å². The van der Waals surface area contributed by atoms with E-state index in [1.807, 2.05) is 25.1 Å². The summed E-state index contributed by atoms with van der Waals surface area (Å²) in [5.74, 6) is -0.00575. The molecule has 9 heteroatoms. The molecule has 0 atom stereocenters. The van der Waals surface area contributed by atoms with Crippen molar-refractivity contribution in [2.45, 2.75) is 26.3 Å². The molecule has 0 bridgehead atoms. The highest BCUT2D eigenvalue weighted by Gasteiger charge is 2.25. The van der Waals surface area contributed by atoms with Crippen molar-refractivity contribution >= 4 is 43.8 Å². The van der Waals surface area contributed by atoms with Gasteiger partial charge in [0.2, 0.25) is 5.91 Å². The topological polar surface area (TPSA) is 99.1 Å². The van der Waals surface area contributed by atoms with Crippen LogP contribution in [0.2, 0.25) is 0 Å². The number of anilines is 1. The molecule has 0 spiro atoms. The molecule has 3 N–H and O–H groups in total. The van der Waals surface area contributed by atoms with Crippen molar-refractivity contribution < 1.29 is 9.53 Å². The molecule has 4 aromatic rings. The van der Waals surface area contributed by atoms with E-state index < -0.39 is 0 Å². The highest BCUT2D eigenvalue weighted by molar-refractivity contribution is 7.23. The predicted molar refractivity (Wildman–Crippen MR) is 151 cm³/mol. The summed E-state index contributed by atoms with van der Waals surface area (Å²) in [7, 11) is 1.67. The van der Waals surface area contributed by atoms with Gasteiger partial charge < -0.3 is 20.7 Å². The van der Waals surface area contributed by atoms with Gasteiger partial charge in [0.15, 0.2) is 0 Å². The Labute approximate surface area is 224 Å². The van der Waals surface area contributed by atoms with Gasteiger partial charge in [-0.1, -0.05) is 18.2 Å². The Morgan fingerprint density at radius 1 is 1.19 bits per heavy atom. The maximum absolute atomic E-state index is 12.8. The van der Waals surface area contributed by atoms with Crippen molar-refractivity contribution in [2.75, 3.05) is 38.7 Å². The quantitative estimate of drug-likeness (QED) is 0.261. The van der Waals surface area contributed by atoms with E-state index in [-0.39, 0.29) is 5.91 Å². The first-order valence-electron chi connectivity index (χ1n) is 12.3. The third-order valence-electron chi connectivity index (χ3n) is 6.49. The second-order valence-electron chi connectivity index (χ2n) is 9.02. The van der Waals surface area contributed by atoms with Gasteiger partial charge in [0, 0.05) is 43.6 Å². The lowest BCUT2D eigenvalue weighted by atomic mass is 10.0. The molecule has 0 radical (unpaired) electrons. The average Bonchev–Trinajstić information content (AvgIpc) is 3.48. The van der Waals surface area contributed by atoms with Crippen LogP contribution < -0.4 is 16.0 Å². The van der Waals surface area contributed by atoms with Crippen LogP contribution in [0.1, 0.15) is 28.0 Å². The maximum atomic E-state index is 12.8. The highest BCUT2D eigenvalue weighted by Crippen LogP contribution is 2.45. The van der Waals surface area contributed by atoms with Crippen LogP contribution >= 0.6 is 22.7 Å². The molecule has 2 aromatic heterocycles. The van der Waals surface area contributed by atoms with Crippen molar-refractivity contribution in [1.29, 1.82) is 5.26 Å². The Bertz CT molecular complexity index is 1480. The van der Waals surface area contributed by atoms with Gasteiger partial charge in [-0.05, 0) is 60.3 Å². The molecule has 1 aliphatic heterocycles. The van der Waals surface area contributed by atoms with E-state index in [0.717, 1.165) is 68.5 Å². The lowest BCUT2D eigenvalue weighted by Gasteiger charge is -2.13. The second-order valence-corrected chi connectivity index (χ2v) is 11.2. The van der Waals surface area contributed by atoms with E-state index in [0.29, 0.717) is 25.1 Å². The molecule has 3 heterocycles. The van der Waals surface area contributed by atoms with Gasteiger partial charge in [0.25, 0.3) is 0 Å². The molecule has 0 saturated heterocycles. The van der Waals surface area contributed by atoms with Crippen LogP contribution in [0.25, 0.3) is 31.9 Å². The summed E-state index contributed by atoms with van der Waals surface area (Å²) in [6, 6.07) is 14.5. The Hall–Kier alpha value is -3.13. The largest absolute Gasteiger partial charge is 0.383 e. The molecule has 2 aromatic carbocycles. The first kappa shape index (κ1) is 25.5. The van der Waals surface area contributed by atoms with Crippen molar-refractivity contribution in [1.82, 2.24) is 15.6 Å². The standard InChI is InChI=1S/C28H29N5O2S2/c1-17-3-4-18(13-20(17)15-29)19-5-6-23-22(14-19)32-27(36-23)26-21-7-9-31-16-24(21)37-28(26)33-25(34)8-10-30-11-12-35-2/h3-6,13-14,30-31H,7-12,16H2,1-2H3,(H,33,34). The fourth-order valence-electron chi connectivity index (χ4n) is 4.48. The number of aryl methyl sites for hydroxylation is 1. The normalized spacial score (nSPS) is 12.9. The Morgan fingerprint density at radius 2 is 2.03 bits per heavy atom. The maximum Gasteiger partial charge on any atom is 0.226 e. The van der Waals surface area contributed by atoms with Gasteiger partial charge in [0.1, 0.15) is 10.0 Å². The summed E-state index contributed by atoms with van der Waals surface area (Å²) in [6.07, 6.45) is 1.31. The van der Waals surface area contributed by atoms with Gasteiger partial charge in [0.05, 0.1) is 28.5 Å². The number of nitrogens with one attached hydrogen (secondary N) is 3. The lowest BCUT2D eigenvalue weighted by molar-refractivity contribution is -0.116. The van der Waals surface area contributed by atoms with Crippen LogP contribution in [0.5, 0.6) is 0 Å². The second kappa shape index (κ2) is 11.5. The summed E-state index contributed by atoms with van der Waals surface area (Å²) in [4.78, 5) is 19.1. The number of thiazole rings is 1. The zero-order chi connectivity index (χ0) is 25.8. The third kappa shape index (κ3) is 5.59. The van der Waals surface area contributed by atoms with Crippen LogP contribution in [0, 0.1) is 18.3 Å². The number of nitrogens with zero attached hydrogens (tertiary/aromatic N) is 2. The molecule has 0 fully saturated rings. The minimum absolute atomic E-state index is 0.00575. The van der Waals surface area contributed by atoms with Gasteiger partial charge in [-0.15, -0.1) is 22.7 Å². The number of carbonyl (C=O) groups excluding carboxylic acids is 1. The molecule has 0 saturated carbocycles. The number of rotatable bonds is 9. The summed E-state index contributed by atoms with van der Waals surface area (Å²) in [5, 5.41) is 21.1. The number of carbonyl (C=O) groups is 1. The van der Waals surface area contributed by atoms with E-state index in [2.05, 4.69) is 40.2 Å². The summed E-state index contributed by atoms with van der Waals surface area (Å²) in [5.41, 5.74) is 6.96. The van der Waals surface area contributed by atoms with Gasteiger partial charge >= 0.3 is 0 Å². The molecule has 0 unspecified atom stereocenters. The fourth-order valence-corrected chi connectivity index (χ4v) is 6.80. The smallest absolute Gasteiger partial charge is 0.226 e. The number of benzene rings is 2.